The van der Waals surface area contributed by atoms with Crippen LogP contribution in [0.4, 0.5) is 0 Å². The van der Waals surface area contributed by atoms with E-state index < -0.39 is 0 Å². The van der Waals surface area contributed by atoms with Crippen LogP contribution in [-0.4, -0.2) is 4.98 Å². The first-order valence-electron chi connectivity index (χ1n) is 9.66. The summed E-state index contributed by atoms with van der Waals surface area (Å²) in [6, 6.07) is 6.76. The molecule has 132 valence electrons. The zero-order valence-corrected chi connectivity index (χ0v) is 16.4. The Kier molecular flexibility index (Phi) is 6.32. The minimum Gasteiger partial charge on any atom is -0.361 e. The highest BCUT2D eigenvalue weighted by Gasteiger charge is 2.25. The van der Waals surface area contributed by atoms with E-state index in [9.17, 15) is 0 Å². The van der Waals surface area contributed by atoms with Crippen LogP contribution < -0.4 is 0 Å². The lowest BCUT2D eigenvalue weighted by molar-refractivity contribution is 0.606. The van der Waals surface area contributed by atoms with Crippen molar-refractivity contribution in [2.24, 2.45) is 0 Å². The number of aryl methyl sites for hydroxylation is 2. The van der Waals surface area contributed by atoms with Gasteiger partial charge in [0.2, 0.25) is 0 Å². The number of aromatic amines is 1. The number of rotatable bonds is 9. The molecule has 2 aromatic rings. The third kappa shape index (κ3) is 3.94. The fourth-order valence-corrected chi connectivity index (χ4v) is 3.59. The van der Waals surface area contributed by atoms with Crippen LogP contribution >= 0.6 is 0 Å². The van der Waals surface area contributed by atoms with Gasteiger partial charge in [0.25, 0.3) is 0 Å². The van der Waals surface area contributed by atoms with Crippen LogP contribution in [0, 0.1) is 6.92 Å². The van der Waals surface area contributed by atoms with Gasteiger partial charge in [-0.1, -0.05) is 83.2 Å². The molecular weight excluding hydrogens is 290 g/mol. The van der Waals surface area contributed by atoms with Gasteiger partial charge in [0, 0.05) is 27.6 Å². The van der Waals surface area contributed by atoms with Crippen LogP contribution in [0.3, 0.4) is 0 Å². The first-order valence-corrected chi connectivity index (χ1v) is 9.66. The van der Waals surface area contributed by atoms with Crippen LogP contribution in [0.25, 0.3) is 10.8 Å². The molecule has 1 nitrogen and oxygen atoms in total. The molecule has 2 rings (SSSR count). The van der Waals surface area contributed by atoms with E-state index in [1.807, 2.05) is 0 Å². The van der Waals surface area contributed by atoms with Crippen molar-refractivity contribution in [3.63, 3.8) is 0 Å². The molecule has 1 N–H and O–H groups in total. The SMILES string of the molecule is C=C(C)C(C)(C)c1cccc2c(CCCCCCCC)[nH]c(C)c12. The number of fused-ring (bicyclic) bond motifs is 1. The highest BCUT2D eigenvalue weighted by atomic mass is 14.7. The highest BCUT2D eigenvalue weighted by molar-refractivity contribution is 5.92. The predicted molar refractivity (Wildman–Crippen MR) is 108 cm³/mol. The quantitative estimate of drug-likeness (QED) is 0.369. The number of nitrogens with one attached hydrogen (secondary N) is 1. The number of H-pyrrole nitrogens is 1. The molecule has 0 amide bonds. The Hall–Kier alpha value is -1.50. The Balaban J connectivity index is 2.21. The molecule has 0 spiro atoms. The average Bonchev–Trinajstić information content (AvgIpc) is 2.87. The molecule has 0 aliphatic heterocycles. The molecule has 0 bridgehead atoms. The molecule has 1 heteroatoms. The standard InChI is InChI=1S/C23H35N/c1-7-8-9-10-11-12-16-21-19-14-13-15-20(22(19)18(4)24-21)23(5,6)17(2)3/h13-15,24H,2,7-12,16H2,1,3-6H3. The van der Waals surface area contributed by atoms with E-state index in [0.29, 0.717) is 0 Å². The van der Waals surface area contributed by atoms with Gasteiger partial charge >= 0.3 is 0 Å². The maximum Gasteiger partial charge on any atom is 0.0229 e. The summed E-state index contributed by atoms with van der Waals surface area (Å²) in [5, 5.41) is 2.82. The lowest BCUT2D eigenvalue weighted by Crippen LogP contribution is -2.18. The normalized spacial score (nSPS) is 12.0. The molecule has 24 heavy (non-hydrogen) atoms. The molecule has 0 atom stereocenters. The molecule has 0 saturated carbocycles. The Morgan fingerprint density at radius 3 is 2.42 bits per heavy atom. The average molecular weight is 326 g/mol. The number of allylic oxidation sites excluding steroid dienone is 1. The lowest BCUT2D eigenvalue weighted by atomic mass is 9.77. The van der Waals surface area contributed by atoms with Crippen molar-refractivity contribution in [1.29, 1.82) is 0 Å². The summed E-state index contributed by atoms with van der Waals surface area (Å²) in [6.45, 7) is 15.4. The molecule has 1 heterocycles. The van der Waals surface area contributed by atoms with Gasteiger partial charge in [-0.2, -0.15) is 0 Å². The number of unbranched alkanes of at least 4 members (excludes halogenated alkanes) is 5. The zero-order valence-electron chi connectivity index (χ0n) is 16.4. The Bertz CT molecular complexity index is 687. The van der Waals surface area contributed by atoms with E-state index in [1.165, 1.54) is 71.8 Å². The number of hydrogen-bond acceptors (Lipinski definition) is 0. The van der Waals surface area contributed by atoms with Crippen molar-refractivity contribution >= 4 is 10.8 Å². The summed E-state index contributed by atoms with van der Waals surface area (Å²) in [5.41, 5.74) is 5.33. The topological polar surface area (TPSA) is 15.8 Å². The molecule has 1 aromatic carbocycles. The van der Waals surface area contributed by atoms with E-state index in [2.05, 4.69) is 64.4 Å². The summed E-state index contributed by atoms with van der Waals surface area (Å²) in [4.78, 5) is 3.68. The van der Waals surface area contributed by atoms with Crippen molar-refractivity contribution in [2.45, 2.75) is 85.0 Å². The van der Waals surface area contributed by atoms with Crippen molar-refractivity contribution in [3.8, 4) is 0 Å². The van der Waals surface area contributed by atoms with E-state index in [1.54, 1.807) is 0 Å². The van der Waals surface area contributed by atoms with Crippen molar-refractivity contribution in [1.82, 2.24) is 4.98 Å². The maximum absolute atomic E-state index is 4.22. The maximum atomic E-state index is 4.22. The van der Waals surface area contributed by atoms with Gasteiger partial charge in [0.1, 0.15) is 0 Å². The summed E-state index contributed by atoms with van der Waals surface area (Å²) in [7, 11) is 0. The van der Waals surface area contributed by atoms with Crippen LogP contribution in [0.5, 0.6) is 0 Å². The van der Waals surface area contributed by atoms with Gasteiger partial charge in [-0.15, -0.1) is 0 Å². The lowest BCUT2D eigenvalue weighted by Gasteiger charge is -2.27. The predicted octanol–water partition coefficient (Wildman–Crippen LogP) is 7.23. The Morgan fingerprint density at radius 1 is 1.08 bits per heavy atom. The molecule has 0 saturated heterocycles. The van der Waals surface area contributed by atoms with Gasteiger partial charge in [-0.3, -0.25) is 0 Å². The van der Waals surface area contributed by atoms with Crippen LogP contribution in [0.15, 0.2) is 30.4 Å². The second-order valence-electron chi connectivity index (χ2n) is 7.88. The fraction of sp³-hybridized carbons (Fsp3) is 0.565. The Morgan fingerprint density at radius 2 is 1.75 bits per heavy atom. The third-order valence-corrected chi connectivity index (χ3v) is 5.62. The second-order valence-corrected chi connectivity index (χ2v) is 7.88. The Labute approximate surface area is 148 Å². The first kappa shape index (κ1) is 18.8. The van der Waals surface area contributed by atoms with Gasteiger partial charge in [0.05, 0.1) is 0 Å². The highest BCUT2D eigenvalue weighted by Crippen LogP contribution is 2.37. The minimum atomic E-state index is 0.00386. The molecular formula is C23H35N. The molecule has 0 aliphatic rings. The molecule has 0 unspecified atom stereocenters. The van der Waals surface area contributed by atoms with Crippen LogP contribution in [0.2, 0.25) is 0 Å². The summed E-state index contributed by atoms with van der Waals surface area (Å²) < 4.78 is 0. The van der Waals surface area contributed by atoms with Gasteiger partial charge in [-0.05, 0) is 32.3 Å². The smallest absolute Gasteiger partial charge is 0.0229 e. The second kappa shape index (κ2) is 8.05. The zero-order chi connectivity index (χ0) is 17.7. The van der Waals surface area contributed by atoms with E-state index in [0.717, 1.165) is 6.42 Å². The van der Waals surface area contributed by atoms with E-state index in [-0.39, 0.29) is 5.41 Å². The van der Waals surface area contributed by atoms with E-state index >= 15 is 0 Å². The van der Waals surface area contributed by atoms with Crippen LogP contribution in [0.1, 0.15) is 83.2 Å². The first-order chi connectivity index (χ1) is 11.4. The van der Waals surface area contributed by atoms with Gasteiger partial charge < -0.3 is 4.98 Å². The molecule has 1 aromatic heterocycles. The molecule has 0 fully saturated rings. The van der Waals surface area contributed by atoms with Gasteiger partial charge in [0.15, 0.2) is 0 Å². The number of aromatic nitrogens is 1. The number of hydrogen-bond donors (Lipinski definition) is 1. The minimum absolute atomic E-state index is 0.00386. The van der Waals surface area contributed by atoms with E-state index in [4.69, 9.17) is 0 Å². The van der Waals surface area contributed by atoms with Crippen LogP contribution in [-0.2, 0) is 11.8 Å². The summed E-state index contributed by atoms with van der Waals surface area (Å²) in [5.74, 6) is 0. The number of benzene rings is 1. The van der Waals surface area contributed by atoms with Crippen molar-refractivity contribution in [2.75, 3.05) is 0 Å². The third-order valence-electron chi connectivity index (χ3n) is 5.62. The van der Waals surface area contributed by atoms with Crippen molar-refractivity contribution in [3.05, 3.63) is 47.3 Å². The summed E-state index contributed by atoms with van der Waals surface area (Å²) in [6.07, 6.45) is 9.25. The molecule has 0 aliphatic carbocycles. The van der Waals surface area contributed by atoms with Crippen molar-refractivity contribution < 1.29 is 0 Å². The largest absolute Gasteiger partial charge is 0.361 e. The fourth-order valence-electron chi connectivity index (χ4n) is 3.59. The molecule has 0 radical (unpaired) electrons. The summed E-state index contributed by atoms with van der Waals surface area (Å²) >= 11 is 0. The monoisotopic (exact) mass is 325 g/mol. The van der Waals surface area contributed by atoms with Gasteiger partial charge in [-0.25, -0.2) is 0 Å².